The number of para-hydroxylation sites is 2. The van der Waals surface area contributed by atoms with E-state index in [-0.39, 0.29) is 11.5 Å². The fourth-order valence-corrected chi connectivity index (χ4v) is 3.99. The molecule has 1 N–H and O–H groups in total. The maximum atomic E-state index is 12.6. The molecule has 0 aliphatic heterocycles. The lowest BCUT2D eigenvalue weighted by Gasteiger charge is -2.13. The van der Waals surface area contributed by atoms with E-state index in [2.05, 4.69) is 16.4 Å². The lowest BCUT2D eigenvalue weighted by Crippen LogP contribution is -2.25. The van der Waals surface area contributed by atoms with Crippen molar-refractivity contribution in [1.82, 2.24) is 14.9 Å². The minimum absolute atomic E-state index is 0.0552. The lowest BCUT2D eigenvalue weighted by molar-refractivity contribution is 0.0954. The van der Waals surface area contributed by atoms with E-state index in [1.165, 1.54) is 24.8 Å². The van der Waals surface area contributed by atoms with Crippen molar-refractivity contribution in [2.75, 3.05) is 6.54 Å². The van der Waals surface area contributed by atoms with Crippen molar-refractivity contribution in [3.8, 4) is 0 Å². The number of nitrogens with one attached hydrogen (secondary N) is 1. The Labute approximate surface area is 176 Å². The van der Waals surface area contributed by atoms with Gasteiger partial charge in [-0.1, -0.05) is 35.9 Å². The number of amides is 1. The summed E-state index contributed by atoms with van der Waals surface area (Å²) < 4.78 is 1.74. The average molecular weight is 402 g/mol. The molecule has 1 aliphatic carbocycles. The first-order valence-electron chi connectivity index (χ1n) is 10.6. The van der Waals surface area contributed by atoms with Gasteiger partial charge in [-0.25, -0.2) is 4.98 Å². The number of aromatic nitrogens is 2. The highest BCUT2D eigenvalue weighted by Crippen LogP contribution is 2.19. The van der Waals surface area contributed by atoms with Gasteiger partial charge in [0.1, 0.15) is 5.69 Å². The topological polar surface area (TPSA) is 64.0 Å². The molecule has 0 radical (unpaired) electrons. The van der Waals surface area contributed by atoms with Gasteiger partial charge >= 0.3 is 0 Å². The molecule has 1 aliphatic rings. The summed E-state index contributed by atoms with van der Waals surface area (Å²) in [5, 5.41) is 3.01. The summed E-state index contributed by atoms with van der Waals surface area (Å²) in [6.07, 6.45) is 8.12. The van der Waals surface area contributed by atoms with E-state index in [0.29, 0.717) is 24.3 Å². The zero-order chi connectivity index (χ0) is 20.9. The minimum Gasteiger partial charge on any atom is -0.352 e. The largest absolute Gasteiger partial charge is 0.352 e. The first-order chi connectivity index (χ1) is 14.6. The van der Waals surface area contributed by atoms with Crippen LogP contribution in [0.4, 0.5) is 0 Å². The number of carbonyl (C=O) groups is 1. The molecule has 3 aromatic rings. The summed E-state index contributed by atoms with van der Waals surface area (Å²) in [4.78, 5) is 29.5. The second-order valence-electron chi connectivity index (χ2n) is 7.89. The Hall–Kier alpha value is -3.21. The summed E-state index contributed by atoms with van der Waals surface area (Å²) in [6.45, 7) is 2.85. The van der Waals surface area contributed by atoms with Crippen LogP contribution in [0.15, 0.2) is 65.0 Å². The number of nitrogens with zero attached hydrogens (tertiary/aromatic N) is 2. The maximum Gasteiger partial charge on any atom is 0.272 e. The Kier molecular flexibility index (Phi) is 6.07. The summed E-state index contributed by atoms with van der Waals surface area (Å²) in [6, 6.07) is 15.1. The van der Waals surface area contributed by atoms with Crippen molar-refractivity contribution < 1.29 is 4.79 Å². The highest BCUT2D eigenvalue weighted by Gasteiger charge is 2.10. The number of aryl methyl sites for hydroxylation is 1. The molecular formula is C25H27N3O2. The number of fused-ring (bicyclic) bond motifs is 1. The Balaban J connectivity index is 1.43. The second kappa shape index (κ2) is 9.08. The van der Waals surface area contributed by atoms with E-state index in [0.717, 1.165) is 29.4 Å². The molecule has 0 spiro atoms. The fraction of sp³-hybridized carbons (Fsp3) is 0.320. The van der Waals surface area contributed by atoms with Gasteiger partial charge in [0.15, 0.2) is 0 Å². The predicted molar refractivity (Wildman–Crippen MR) is 120 cm³/mol. The number of rotatable bonds is 6. The Morgan fingerprint density at radius 1 is 1.10 bits per heavy atom. The van der Waals surface area contributed by atoms with Gasteiger partial charge in [0.25, 0.3) is 11.5 Å². The van der Waals surface area contributed by atoms with Gasteiger partial charge in [-0.3, -0.25) is 9.59 Å². The van der Waals surface area contributed by atoms with Gasteiger partial charge in [-0.15, -0.1) is 0 Å². The zero-order valence-corrected chi connectivity index (χ0v) is 17.4. The van der Waals surface area contributed by atoms with E-state index in [1.807, 2.05) is 48.5 Å². The van der Waals surface area contributed by atoms with Crippen molar-refractivity contribution in [3.63, 3.8) is 0 Å². The molecular weight excluding hydrogens is 374 g/mol. The van der Waals surface area contributed by atoms with E-state index < -0.39 is 0 Å². The molecule has 0 atom stereocenters. The number of hydrogen-bond acceptors (Lipinski definition) is 3. The van der Waals surface area contributed by atoms with Crippen LogP contribution in [0, 0.1) is 6.92 Å². The van der Waals surface area contributed by atoms with Gasteiger partial charge in [0.05, 0.1) is 17.6 Å². The summed E-state index contributed by atoms with van der Waals surface area (Å²) in [7, 11) is 0. The van der Waals surface area contributed by atoms with E-state index in [9.17, 15) is 9.59 Å². The van der Waals surface area contributed by atoms with Crippen molar-refractivity contribution in [3.05, 3.63) is 87.4 Å². The normalized spacial score (nSPS) is 13.8. The molecule has 1 heterocycles. The third kappa shape index (κ3) is 4.51. The molecule has 1 amide bonds. The van der Waals surface area contributed by atoms with Crippen LogP contribution in [0.3, 0.4) is 0 Å². The Bertz CT molecular complexity index is 1140. The van der Waals surface area contributed by atoms with Gasteiger partial charge in [0, 0.05) is 12.1 Å². The highest BCUT2D eigenvalue weighted by molar-refractivity contribution is 5.94. The van der Waals surface area contributed by atoms with Crippen LogP contribution in [0.5, 0.6) is 0 Å². The molecule has 0 bridgehead atoms. The van der Waals surface area contributed by atoms with Crippen molar-refractivity contribution in [2.45, 2.75) is 45.6 Å². The van der Waals surface area contributed by atoms with Crippen LogP contribution in [-0.4, -0.2) is 22.0 Å². The Morgan fingerprint density at radius 2 is 1.90 bits per heavy atom. The molecule has 0 fully saturated rings. The molecule has 2 aromatic carbocycles. The van der Waals surface area contributed by atoms with Gasteiger partial charge in [-0.05, 0) is 68.9 Å². The molecule has 0 unspecified atom stereocenters. The van der Waals surface area contributed by atoms with Gasteiger partial charge < -0.3 is 9.88 Å². The van der Waals surface area contributed by atoms with E-state index in [1.54, 1.807) is 11.5 Å². The fourth-order valence-electron chi connectivity index (χ4n) is 3.99. The smallest absolute Gasteiger partial charge is 0.272 e. The first-order valence-corrected chi connectivity index (χ1v) is 10.6. The van der Waals surface area contributed by atoms with Crippen LogP contribution in [-0.2, 0) is 6.54 Å². The Morgan fingerprint density at radius 3 is 2.67 bits per heavy atom. The van der Waals surface area contributed by atoms with Crippen molar-refractivity contribution in [1.29, 1.82) is 0 Å². The number of allylic oxidation sites excluding steroid dienone is 1. The SMILES string of the molecule is Cc1nc2ccccc2n(Cc2ccc(C(=O)NCCC3=CCCCC3)cc2)c1=O. The molecule has 154 valence electrons. The maximum absolute atomic E-state index is 12.6. The monoisotopic (exact) mass is 401 g/mol. The van der Waals surface area contributed by atoms with E-state index in [4.69, 9.17) is 0 Å². The minimum atomic E-state index is -0.0902. The van der Waals surface area contributed by atoms with Crippen LogP contribution in [0.2, 0.25) is 0 Å². The standard InChI is InChI=1S/C25H27N3O2/c1-18-25(30)28(23-10-6-5-9-22(23)27-18)17-20-11-13-21(14-12-20)24(29)26-16-15-19-7-3-2-4-8-19/h5-7,9-14H,2-4,8,15-17H2,1H3,(H,26,29). The molecule has 5 nitrogen and oxygen atoms in total. The van der Waals surface area contributed by atoms with Crippen LogP contribution < -0.4 is 10.9 Å². The molecule has 5 heteroatoms. The summed E-state index contributed by atoms with van der Waals surface area (Å²) >= 11 is 0. The number of benzene rings is 2. The predicted octanol–water partition coefficient (Wildman–Crippen LogP) is 4.37. The molecule has 4 rings (SSSR count). The quantitative estimate of drug-likeness (QED) is 0.624. The first kappa shape index (κ1) is 20.1. The van der Waals surface area contributed by atoms with E-state index >= 15 is 0 Å². The third-order valence-electron chi connectivity index (χ3n) is 5.69. The zero-order valence-electron chi connectivity index (χ0n) is 17.4. The van der Waals surface area contributed by atoms with Gasteiger partial charge in [-0.2, -0.15) is 0 Å². The molecule has 0 saturated carbocycles. The lowest BCUT2D eigenvalue weighted by atomic mass is 9.97. The third-order valence-corrected chi connectivity index (χ3v) is 5.69. The molecule has 30 heavy (non-hydrogen) atoms. The summed E-state index contributed by atoms with van der Waals surface area (Å²) in [5.41, 5.74) is 5.08. The molecule has 0 saturated heterocycles. The van der Waals surface area contributed by atoms with Crippen LogP contribution >= 0.6 is 0 Å². The van der Waals surface area contributed by atoms with Crippen LogP contribution in [0.1, 0.15) is 53.7 Å². The highest BCUT2D eigenvalue weighted by atomic mass is 16.1. The summed E-state index contributed by atoms with van der Waals surface area (Å²) in [5.74, 6) is -0.0552. The van der Waals surface area contributed by atoms with Gasteiger partial charge in [0.2, 0.25) is 0 Å². The van der Waals surface area contributed by atoms with Crippen LogP contribution in [0.25, 0.3) is 11.0 Å². The second-order valence-corrected chi connectivity index (χ2v) is 7.89. The van der Waals surface area contributed by atoms with Crippen molar-refractivity contribution in [2.24, 2.45) is 0 Å². The number of carbonyl (C=O) groups excluding carboxylic acids is 1. The average Bonchev–Trinajstić information content (AvgIpc) is 2.78. The van der Waals surface area contributed by atoms with Crippen molar-refractivity contribution >= 4 is 16.9 Å². The number of hydrogen-bond donors (Lipinski definition) is 1. The molecule has 1 aromatic heterocycles.